The second-order valence-electron chi connectivity index (χ2n) is 5.35. The molecule has 0 fully saturated rings. The molecular weight excluding hydrogens is 274 g/mol. The molecule has 1 amide bonds. The number of nitrogens with one attached hydrogen (secondary N) is 1. The molecule has 4 N–H and O–H groups in total. The van der Waals surface area contributed by atoms with E-state index in [0.29, 0.717) is 6.54 Å². The molecule has 2 unspecified atom stereocenters. The lowest BCUT2D eigenvalue weighted by Crippen LogP contribution is -2.45. The van der Waals surface area contributed by atoms with Gasteiger partial charge in [-0.15, -0.1) is 0 Å². The fourth-order valence-electron chi connectivity index (χ4n) is 2.03. The number of carboxylic acid groups (broad SMARTS) is 1. The van der Waals surface area contributed by atoms with E-state index in [1.165, 1.54) is 38.5 Å². The van der Waals surface area contributed by atoms with Crippen molar-refractivity contribution in [3.8, 4) is 0 Å². The standard InChI is InChI=1S/C15H29NO5/c1-2-3-4-5-6-7-8-9-10-11-16-14(19)12(17)13(18)15(20)21/h12-13,17-18H,2-11H2,1H3,(H,16,19)(H,20,21). The number of carboxylic acids is 1. The molecule has 0 saturated heterocycles. The van der Waals surface area contributed by atoms with Crippen molar-refractivity contribution in [1.29, 1.82) is 0 Å². The molecule has 0 bridgehead atoms. The van der Waals surface area contributed by atoms with Crippen LogP contribution in [0.4, 0.5) is 0 Å². The Morgan fingerprint density at radius 2 is 1.33 bits per heavy atom. The van der Waals surface area contributed by atoms with Gasteiger partial charge in [0.1, 0.15) is 0 Å². The molecule has 124 valence electrons. The zero-order chi connectivity index (χ0) is 16.1. The maximum Gasteiger partial charge on any atom is 0.335 e. The van der Waals surface area contributed by atoms with Gasteiger partial charge in [-0.1, -0.05) is 58.3 Å². The van der Waals surface area contributed by atoms with E-state index in [2.05, 4.69) is 12.2 Å². The first-order valence-corrected chi connectivity index (χ1v) is 7.87. The molecule has 0 spiro atoms. The third kappa shape index (κ3) is 10.3. The molecule has 0 heterocycles. The number of aliphatic hydroxyl groups excluding tert-OH is 2. The molecule has 0 aromatic heterocycles. The number of rotatable bonds is 13. The van der Waals surface area contributed by atoms with Gasteiger partial charge in [-0.25, -0.2) is 4.79 Å². The summed E-state index contributed by atoms with van der Waals surface area (Å²) in [6.07, 6.45) is 6.48. The number of carbonyl (C=O) groups excluding carboxylic acids is 1. The van der Waals surface area contributed by atoms with Gasteiger partial charge in [0.2, 0.25) is 0 Å². The molecule has 6 nitrogen and oxygen atoms in total. The second kappa shape index (κ2) is 12.6. The van der Waals surface area contributed by atoms with Crippen molar-refractivity contribution in [2.75, 3.05) is 6.54 Å². The predicted octanol–water partition coefficient (Wildman–Crippen LogP) is 1.44. The Hall–Kier alpha value is -1.14. The predicted molar refractivity (Wildman–Crippen MR) is 79.9 cm³/mol. The summed E-state index contributed by atoms with van der Waals surface area (Å²) in [5.41, 5.74) is 0. The molecule has 0 aliphatic rings. The quantitative estimate of drug-likeness (QED) is 0.385. The van der Waals surface area contributed by atoms with Crippen molar-refractivity contribution >= 4 is 11.9 Å². The van der Waals surface area contributed by atoms with E-state index >= 15 is 0 Å². The highest BCUT2D eigenvalue weighted by molar-refractivity contribution is 5.87. The van der Waals surface area contributed by atoms with Crippen LogP contribution in [0.5, 0.6) is 0 Å². The maximum atomic E-state index is 11.3. The summed E-state index contributed by atoms with van der Waals surface area (Å²) in [6, 6.07) is 0. The summed E-state index contributed by atoms with van der Waals surface area (Å²) in [6.45, 7) is 2.58. The van der Waals surface area contributed by atoms with Crippen LogP contribution in [0.1, 0.15) is 64.7 Å². The van der Waals surface area contributed by atoms with E-state index in [0.717, 1.165) is 19.3 Å². The van der Waals surface area contributed by atoms with Crippen molar-refractivity contribution in [1.82, 2.24) is 5.32 Å². The Morgan fingerprint density at radius 3 is 1.81 bits per heavy atom. The molecule has 0 aliphatic carbocycles. The van der Waals surface area contributed by atoms with Gasteiger partial charge in [-0.2, -0.15) is 0 Å². The van der Waals surface area contributed by atoms with Gasteiger partial charge in [0.05, 0.1) is 0 Å². The number of amides is 1. The third-order valence-electron chi connectivity index (χ3n) is 3.40. The van der Waals surface area contributed by atoms with Crippen LogP contribution in [-0.4, -0.2) is 45.9 Å². The monoisotopic (exact) mass is 303 g/mol. The fourth-order valence-corrected chi connectivity index (χ4v) is 2.03. The number of aliphatic hydroxyl groups is 2. The van der Waals surface area contributed by atoms with E-state index in [1.807, 2.05) is 0 Å². The van der Waals surface area contributed by atoms with Gasteiger partial charge >= 0.3 is 5.97 Å². The average molecular weight is 303 g/mol. The highest BCUT2D eigenvalue weighted by Crippen LogP contribution is 2.09. The number of unbranched alkanes of at least 4 members (excludes halogenated alkanes) is 8. The molecule has 0 aromatic rings. The summed E-state index contributed by atoms with van der Waals surface area (Å²) in [4.78, 5) is 21.7. The maximum absolute atomic E-state index is 11.3. The highest BCUT2D eigenvalue weighted by atomic mass is 16.4. The van der Waals surface area contributed by atoms with Crippen LogP contribution in [0, 0.1) is 0 Å². The normalized spacial score (nSPS) is 13.7. The minimum atomic E-state index is -2.08. The summed E-state index contributed by atoms with van der Waals surface area (Å²) < 4.78 is 0. The average Bonchev–Trinajstić information content (AvgIpc) is 2.47. The summed E-state index contributed by atoms with van der Waals surface area (Å²) in [5.74, 6) is -2.45. The van der Waals surface area contributed by atoms with E-state index in [9.17, 15) is 14.7 Å². The Morgan fingerprint density at radius 1 is 0.857 bits per heavy atom. The van der Waals surface area contributed by atoms with Gasteiger partial charge in [-0.05, 0) is 6.42 Å². The minimum Gasteiger partial charge on any atom is -0.479 e. The van der Waals surface area contributed by atoms with Crippen LogP contribution in [0.2, 0.25) is 0 Å². The number of hydrogen-bond donors (Lipinski definition) is 4. The lowest BCUT2D eigenvalue weighted by Gasteiger charge is -2.13. The molecule has 0 saturated carbocycles. The minimum absolute atomic E-state index is 0.387. The van der Waals surface area contributed by atoms with Gasteiger partial charge < -0.3 is 20.6 Å². The molecular formula is C15H29NO5. The van der Waals surface area contributed by atoms with Gasteiger partial charge in [0.15, 0.2) is 12.2 Å². The fraction of sp³-hybridized carbons (Fsp3) is 0.867. The largest absolute Gasteiger partial charge is 0.479 e. The Labute approximate surface area is 126 Å². The molecule has 0 aliphatic heterocycles. The van der Waals surface area contributed by atoms with Crippen LogP contribution < -0.4 is 5.32 Å². The molecule has 0 radical (unpaired) electrons. The van der Waals surface area contributed by atoms with Crippen molar-refractivity contribution in [3.05, 3.63) is 0 Å². The molecule has 6 heteroatoms. The topological polar surface area (TPSA) is 107 Å². The summed E-state index contributed by atoms with van der Waals surface area (Å²) in [7, 11) is 0. The lowest BCUT2D eigenvalue weighted by molar-refractivity contribution is -0.158. The van der Waals surface area contributed by atoms with Crippen molar-refractivity contribution in [3.63, 3.8) is 0 Å². The number of aliphatic carboxylic acids is 1. The Kier molecular flexibility index (Phi) is 11.9. The molecule has 0 rings (SSSR count). The van der Waals surface area contributed by atoms with E-state index < -0.39 is 24.1 Å². The van der Waals surface area contributed by atoms with Gasteiger partial charge in [-0.3, -0.25) is 4.79 Å². The summed E-state index contributed by atoms with van der Waals surface area (Å²) >= 11 is 0. The zero-order valence-corrected chi connectivity index (χ0v) is 12.9. The molecule has 0 aromatic carbocycles. The first-order valence-electron chi connectivity index (χ1n) is 7.87. The van der Waals surface area contributed by atoms with Crippen LogP contribution in [-0.2, 0) is 9.59 Å². The van der Waals surface area contributed by atoms with E-state index in [-0.39, 0.29) is 0 Å². The van der Waals surface area contributed by atoms with Crippen molar-refractivity contribution in [2.45, 2.75) is 76.9 Å². The molecule has 21 heavy (non-hydrogen) atoms. The van der Waals surface area contributed by atoms with Crippen LogP contribution in [0.15, 0.2) is 0 Å². The number of carbonyl (C=O) groups is 2. The van der Waals surface area contributed by atoms with E-state index in [4.69, 9.17) is 10.2 Å². The van der Waals surface area contributed by atoms with Gasteiger partial charge in [0.25, 0.3) is 5.91 Å². The first kappa shape index (κ1) is 19.9. The summed E-state index contributed by atoms with van der Waals surface area (Å²) in [5, 5.41) is 29.2. The first-order chi connectivity index (χ1) is 10.0. The van der Waals surface area contributed by atoms with Crippen LogP contribution in [0.3, 0.4) is 0 Å². The second-order valence-corrected chi connectivity index (χ2v) is 5.35. The smallest absolute Gasteiger partial charge is 0.335 e. The third-order valence-corrected chi connectivity index (χ3v) is 3.40. The lowest BCUT2D eigenvalue weighted by atomic mass is 10.1. The highest BCUT2D eigenvalue weighted by Gasteiger charge is 2.29. The molecule has 2 atom stereocenters. The van der Waals surface area contributed by atoms with Gasteiger partial charge in [0, 0.05) is 6.54 Å². The van der Waals surface area contributed by atoms with Crippen LogP contribution >= 0.6 is 0 Å². The zero-order valence-electron chi connectivity index (χ0n) is 12.9. The Balaban J connectivity index is 3.46. The number of hydrogen-bond acceptors (Lipinski definition) is 4. The van der Waals surface area contributed by atoms with E-state index in [1.54, 1.807) is 0 Å². The van der Waals surface area contributed by atoms with Crippen molar-refractivity contribution in [2.24, 2.45) is 0 Å². The SMILES string of the molecule is CCCCCCCCCCCNC(=O)C(O)C(O)C(=O)O. The Bertz CT molecular complexity index is 296. The van der Waals surface area contributed by atoms with Crippen molar-refractivity contribution < 1.29 is 24.9 Å². The van der Waals surface area contributed by atoms with Crippen LogP contribution in [0.25, 0.3) is 0 Å².